The maximum absolute atomic E-state index is 3.50. The summed E-state index contributed by atoms with van der Waals surface area (Å²) < 4.78 is 0. The Morgan fingerprint density at radius 1 is 1.11 bits per heavy atom. The third-order valence-electron chi connectivity index (χ3n) is 1.54. The van der Waals surface area contributed by atoms with Gasteiger partial charge in [0.15, 0.2) is 0 Å². The molecule has 1 saturated heterocycles. The maximum atomic E-state index is 3.50. The van der Waals surface area contributed by atoms with Crippen LogP contribution in [0.4, 0.5) is 0 Å². The average molecular weight is 274 g/mol. The van der Waals surface area contributed by atoms with E-state index in [4.69, 9.17) is 0 Å². The Labute approximate surface area is 77.4 Å². The van der Waals surface area contributed by atoms with Crippen molar-refractivity contribution in [3.05, 3.63) is 0 Å². The first-order valence-electron chi connectivity index (χ1n) is 3.14. The summed E-state index contributed by atoms with van der Waals surface area (Å²) in [5.74, 6) is 0. The van der Waals surface area contributed by atoms with Crippen molar-refractivity contribution in [1.82, 2.24) is 0 Å². The van der Waals surface area contributed by atoms with Crippen molar-refractivity contribution in [1.29, 1.82) is 0 Å². The van der Waals surface area contributed by atoms with Gasteiger partial charge in [-0.05, 0) is 12.8 Å². The van der Waals surface area contributed by atoms with Gasteiger partial charge in [-0.3, -0.25) is 0 Å². The third-order valence-corrected chi connectivity index (χ3v) is 5.53. The van der Waals surface area contributed by atoms with Gasteiger partial charge in [-0.25, -0.2) is 0 Å². The van der Waals surface area contributed by atoms with E-state index in [0.29, 0.717) is 0 Å². The lowest BCUT2D eigenvalue weighted by Crippen LogP contribution is -1.98. The molecule has 3 heteroatoms. The Balaban J connectivity index is 2.20. The van der Waals surface area contributed by atoms with Gasteiger partial charge in [0.2, 0.25) is 0 Å². The van der Waals surface area contributed by atoms with Gasteiger partial charge in [-0.2, -0.15) is 11.8 Å². The summed E-state index contributed by atoms with van der Waals surface area (Å²) in [5.41, 5.74) is 0. The Morgan fingerprint density at radius 2 is 1.56 bits per heavy atom. The van der Waals surface area contributed by atoms with E-state index < -0.39 is 0 Å². The smallest absolute Gasteiger partial charge is 0.0151 e. The predicted octanol–water partition coefficient (Wildman–Crippen LogP) is 3.04. The van der Waals surface area contributed by atoms with Gasteiger partial charge in [-0.15, -0.1) is 0 Å². The second kappa shape index (κ2) is 4.24. The summed E-state index contributed by atoms with van der Waals surface area (Å²) in [6.45, 7) is 0. The van der Waals surface area contributed by atoms with E-state index in [1.165, 1.54) is 23.5 Å². The Kier molecular flexibility index (Phi) is 3.96. The lowest BCUT2D eigenvalue weighted by molar-refractivity contribution is 0.789. The minimum atomic E-state index is 0.882. The largest absolute Gasteiger partial charge is 0.153 e. The van der Waals surface area contributed by atoms with E-state index in [1.807, 2.05) is 0 Å². The lowest BCUT2D eigenvalue weighted by Gasteiger charge is -2.03. The molecular formula is C6H10Br2S. The topological polar surface area (TPSA) is 0 Å². The fraction of sp³-hybridized carbons (Fsp3) is 1.00. The summed E-state index contributed by atoms with van der Waals surface area (Å²) in [5, 5.41) is 4.10. The van der Waals surface area contributed by atoms with Gasteiger partial charge in [0.25, 0.3) is 0 Å². The normalized spacial score (nSPS) is 35.3. The molecule has 1 fully saturated rings. The summed E-state index contributed by atoms with van der Waals surface area (Å²) in [7, 11) is 0. The van der Waals surface area contributed by atoms with Crippen LogP contribution in [0.5, 0.6) is 0 Å². The number of thioether (sulfide) groups is 1. The molecule has 1 aliphatic rings. The number of halogens is 2. The van der Waals surface area contributed by atoms with Crippen LogP contribution in [-0.2, 0) is 0 Å². The molecule has 54 valence electrons. The highest BCUT2D eigenvalue weighted by Crippen LogP contribution is 2.35. The molecule has 0 aliphatic carbocycles. The second-order valence-corrected chi connectivity index (χ2v) is 5.17. The van der Waals surface area contributed by atoms with Gasteiger partial charge in [0, 0.05) is 21.2 Å². The molecule has 1 rings (SSSR count). The van der Waals surface area contributed by atoms with Crippen molar-refractivity contribution in [2.45, 2.75) is 23.3 Å². The highest BCUT2D eigenvalue weighted by molar-refractivity contribution is 9.09. The van der Waals surface area contributed by atoms with Crippen LogP contribution >= 0.6 is 43.6 Å². The van der Waals surface area contributed by atoms with Gasteiger partial charge < -0.3 is 0 Å². The molecule has 9 heavy (non-hydrogen) atoms. The lowest BCUT2D eigenvalue weighted by atomic mass is 10.2. The summed E-state index contributed by atoms with van der Waals surface area (Å²) in [4.78, 5) is 0. The maximum Gasteiger partial charge on any atom is 0.0151 e. The van der Waals surface area contributed by atoms with Crippen LogP contribution in [0.25, 0.3) is 0 Å². The van der Waals surface area contributed by atoms with Gasteiger partial charge >= 0.3 is 0 Å². The minimum absolute atomic E-state index is 0.882. The number of hydrogen-bond acceptors (Lipinski definition) is 1. The van der Waals surface area contributed by atoms with Crippen molar-refractivity contribution in [2.75, 3.05) is 10.7 Å². The average Bonchev–Trinajstić information content (AvgIpc) is 2.34. The van der Waals surface area contributed by atoms with Crippen molar-refractivity contribution in [3.8, 4) is 0 Å². The molecule has 0 saturated carbocycles. The van der Waals surface area contributed by atoms with E-state index in [2.05, 4.69) is 43.6 Å². The molecule has 0 radical (unpaired) electrons. The van der Waals surface area contributed by atoms with Crippen molar-refractivity contribution >= 4 is 43.6 Å². The molecule has 0 spiro atoms. The minimum Gasteiger partial charge on any atom is -0.153 e. The molecule has 2 atom stereocenters. The van der Waals surface area contributed by atoms with Crippen molar-refractivity contribution < 1.29 is 0 Å². The van der Waals surface area contributed by atoms with Crippen LogP contribution in [0.1, 0.15) is 12.8 Å². The Hall–Kier alpha value is 1.31. The quantitative estimate of drug-likeness (QED) is 0.697. The standard InChI is InChI=1S/C6H10Br2S/c7-3-5-1-2-6(4-8)9-5/h5-6H,1-4H2/t5-,6+. The first kappa shape index (κ1) is 8.41. The first-order chi connectivity index (χ1) is 4.36. The summed E-state index contributed by atoms with van der Waals surface area (Å²) in [6, 6.07) is 0. The molecular weight excluding hydrogens is 264 g/mol. The van der Waals surface area contributed by atoms with E-state index in [1.54, 1.807) is 0 Å². The van der Waals surface area contributed by atoms with Gasteiger partial charge in [0.05, 0.1) is 0 Å². The number of hydrogen-bond donors (Lipinski definition) is 0. The molecule has 0 nitrogen and oxygen atoms in total. The summed E-state index contributed by atoms with van der Waals surface area (Å²) in [6.07, 6.45) is 2.79. The molecule has 0 aromatic rings. The summed E-state index contributed by atoms with van der Waals surface area (Å²) >= 11 is 9.11. The Morgan fingerprint density at radius 3 is 1.78 bits per heavy atom. The Bertz CT molecular complexity index is 77.1. The second-order valence-electron chi connectivity index (χ2n) is 2.27. The third kappa shape index (κ3) is 2.43. The number of alkyl halides is 2. The fourth-order valence-electron chi connectivity index (χ4n) is 1.01. The zero-order valence-electron chi connectivity index (χ0n) is 5.15. The van der Waals surface area contributed by atoms with Gasteiger partial charge in [0.1, 0.15) is 0 Å². The van der Waals surface area contributed by atoms with Gasteiger partial charge in [-0.1, -0.05) is 31.9 Å². The van der Waals surface area contributed by atoms with E-state index >= 15 is 0 Å². The van der Waals surface area contributed by atoms with E-state index in [9.17, 15) is 0 Å². The van der Waals surface area contributed by atoms with Crippen LogP contribution < -0.4 is 0 Å². The number of rotatable bonds is 2. The highest BCUT2D eigenvalue weighted by Gasteiger charge is 2.22. The van der Waals surface area contributed by atoms with Crippen LogP contribution in [0, 0.1) is 0 Å². The zero-order valence-corrected chi connectivity index (χ0v) is 9.14. The van der Waals surface area contributed by atoms with Crippen LogP contribution in [0.15, 0.2) is 0 Å². The first-order valence-corrected chi connectivity index (χ1v) is 6.32. The molecule has 0 N–H and O–H groups in total. The van der Waals surface area contributed by atoms with E-state index in [0.717, 1.165) is 10.5 Å². The highest BCUT2D eigenvalue weighted by atomic mass is 79.9. The predicted molar refractivity (Wildman–Crippen MR) is 52.0 cm³/mol. The monoisotopic (exact) mass is 272 g/mol. The van der Waals surface area contributed by atoms with Crippen molar-refractivity contribution in [2.24, 2.45) is 0 Å². The molecule has 0 aromatic carbocycles. The molecule has 0 amide bonds. The molecule has 1 heterocycles. The molecule has 0 aromatic heterocycles. The van der Waals surface area contributed by atoms with Crippen LogP contribution in [0.2, 0.25) is 0 Å². The molecule has 1 aliphatic heterocycles. The molecule has 0 unspecified atom stereocenters. The van der Waals surface area contributed by atoms with Crippen LogP contribution in [-0.4, -0.2) is 21.2 Å². The zero-order chi connectivity index (χ0) is 6.69. The molecule has 0 bridgehead atoms. The fourth-order valence-corrected chi connectivity index (χ4v) is 3.80. The SMILES string of the molecule is BrC[C@@H]1CC[C@H](CBr)S1. The van der Waals surface area contributed by atoms with Crippen LogP contribution in [0.3, 0.4) is 0 Å². The van der Waals surface area contributed by atoms with E-state index in [-0.39, 0.29) is 0 Å². The van der Waals surface area contributed by atoms with Crippen molar-refractivity contribution in [3.63, 3.8) is 0 Å².